The van der Waals surface area contributed by atoms with Crippen molar-refractivity contribution in [3.63, 3.8) is 0 Å². The molecule has 2 heterocycles. The molecule has 188 valence electrons. The summed E-state index contributed by atoms with van der Waals surface area (Å²) < 4.78 is 26.8. The second-order valence-electron chi connectivity index (χ2n) is 9.21. The Bertz CT molecular complexity index is 1700. The molecule has 4 aromatic carbocycles. The second kappa shape index (κ2) is 10.5. The van der Waals surface area contributed by atoms with Crippen molar-refractivity contribution in [3.8, 4) is 44.5 Å². The predicted molar refractivity (Wildman–Crippen MR) is 156 cm³/mol. The van der Waals surface area contributed by atoms with E-state index in [1.165, 1.54) is 0 Å². The Kier molecular flexibility index (Phi) is 6.57. The molecule has 2 aromatic heterocycles. The molecule has 0 aliphatic heterocycles. The molecule has 0 bridgehead atoms. The highest BCUT2D eigenvalue weighted by atomic mass is 32.2. The molecule has 0 saturated carbocycles. The van der Waals surface area contributed by atoms with Crippen molar-refractivity contribution in [2.24, 2.45) is 0 Å². The van der Waals surface area contributed by atoms with Gasteiger partial charge in [-0.05, 0) is 58.7 Å². The van der Waals surface area contributed by atoms with E-state index in [4.69, 9.17) is 0 Å². The number of aromatic nitrogens is 2. The van der Waals surface area contributed by atoms with E-state index >= 15 is 0 Å². The molecule has 0 saturated heterocycles. The van der Waals surface area contributed by atoms with Crippen LogP contribution in [0.5, 0.6) is 0 Å². The van der Waals surface area contributed by atoms with Gasteiger partial charge in [0.05, 0.1) is 9.79 Å². The van der Waals surface area contributed by atoms with Gasteiger partial charge in [0.25, 0.3) is 0 Å². The quantitative estimate of drug-likeness (QED) is 0.222. The summed E-state index contributed by atoms with van der Waals surface area (Å²) in [6.07, 6.45) is 7.23. The Morgan fingerprint density at radius 3 is 1.00 bits per heavy atom. The lowest BCUT2D eigenvalue weighted by Gasteiger charge is -2.09. The third kappa shape index (κ3) is 5.13. The van der Waals surface area contributed by atoms with Crippen LogP contribution in [0.1, 0.15) is 0 Å². The highest BCUT2D eigenvalue weighted by Gasteiger charge is 2.18. The average molecular weight is 525 g/mol. The lowest BCUT2D eigenvalue weighted by Crippen LogP contribution is -2.01. The van der Waals surface area contributed by atoms with Gasteiger partial charge in [-0.2, -0.15) is 0 Å². The van der Waals surface area contributed by atoms with Crippen molar-refractivity contribution >= 4 is 9.84 Å². The number of nitrogens with zero attached hydrogens (tertiary/aromatic N) is 2. The molecule has 0 radical (unpaired) electrons. The molecule has 6 aromatic rings. The molecule has 0 N–H and O–H groups in total. The largest absolute Gasteiger partial charge is 0.263 e. The zero-order chi connectivity index (χ0) is 26.7. The van der Waals surface area contributed by atoms with Gasteiger partial charge in [0.15, 0.2) is 0 Å². The van der Waals surface area contributed by atoms with Gasteiger partial charge >= 0.3 is 0 Å². The Morgan fingerprint density at radius 1 is 0.359 bits per heavy atom. The van der Waals surface area contributed by atoms with Gasteiger partial charge in [-0.3, -0.25) is 9.97 Å². The number of rotatable bonds is 6. The van der Waals surface area contributed by atoms with Crippen LogP contribution >= 0.6 is 0 Å². The first-order chi connectivity index (χ1) is 19.1. The standard InChI is InChI=1S/C34H24N2O2S/c37-39(38,33-15-11-27(12-16-33)31-19-29(21-35-23-31)25-7-3-1-4-8-25)34-17-13-28(14-18-34)32-20-30(22-36-24-32)26-9-5-2-6-10-26/h1-24H. The predicted octanol–water partition coefficient (Wildman–Crippen LogP) is 7.98. The maximum Gasteiger partial charge on any atom is 0.206 e. The highest BCUT2D eigenvalue weighted by molar-refractivity contribution is 7.91. The van der Waals surface area contributed by atoms with Gasteiger partial charge in [-0.1, -0.05) is 84.9 Å². The van der Waals surface area contributed by atoms with Crippen LogP contribution in [0.2, 0.25) is 0 Å². The van der Waals surface area contributed by atoms with Crippen LogP contribution in [0.25, 0.3) is 44.5 Å². The summed E-state index contributed by atoms with van der Waals surface area (Å²) in [4.78, 5) is 9.28. The van der Waals surface area contributed by atoms with Crippen LogP contribution in [-0.4, -0.2) is 18.4 Å². The molecule has 0 atom stereocenters. The summed E-state index contributed by atoms with van der Waals surface area (Å²) in [5.41, 5.74) is 7.84. The van der Waals surface area contributed by atoms with Crippen LogP contribution in [0, 0.1) is 0 Å². The van der Waals surface area contributed by atoms with Crippen molar-refractivity contribution in [3.05, 3.63) is 146 Å². The third-order valence-electron chi connectivity index (χ3n) is 6.69. The first-order valence-corrected chi connectivity index (χ1v) is 14.0. The van der Waals surface area contributed by atoms with E-state index in [9.17, 15) is 8.42 Å². The fourth-order valence-corrected chi connectivity index (χ4v) is 5.82. The molecular formula is C34H24N2O2S. The Morgan fingerprint density at radius 2 is 0.667 bits per heavy atom. The van der Waals surface area contributed by atoms with Crippen molar-refractivity contribution in [2.75, 3.05) is 0 Å². The van der Waals surface area contributed by atoms with Gasteiger partial charge in [-0.15, -0.1) is 0 Å². The van der Waals surface area contributed by atoms with Crippen LogP contribution in [-0.2, 0) is 9.84 Å². The van der Waals surface area contributed by atoms with E-state index in [1.807, 2.05) is 97.3 Å². The van der Waals surface area contributed by atoms with Gasteiger partial charge in [-0.25, -0.2) is 8.42 Å². The molecule has 0 spiro atoms. The Labute approximate surface area is 228 Å². The SMILES string of the molecule is O=S(=O)(c1ccc(-c2cncc(-c3ccccc3)c2)cc1)c1ccc(-c2cncc(-c3ccccc3)c2)cc1. The topological polar surface area (TPSA) is 59.9 Å². The summed E-state index contributed by atoms with van der Waals surface area (Å²) in [6.45, 7) is 0. The van der Waals surface area contributed by atoms with Crippen molar-refractivity contribution < 1.29 is 8.42 Å². The minimum atomic E-state index is -3.67. The summed E-state index contributed by atoms with van der Waals surface area (Å²) in [7, 11) is -3.67. The number of hydrogen-bond acceptors (Lipinski definition) is 4. The van der Waals surface area contributed by atoms with Crippen molar-refractivity contribution in [2.45, 2.75) is 9.79 Å². The van der Waals surface area contributed by atoms with Gasteiger partial charge in [0.1, 0.15) is 0 Å². The molecule has 0 fully saturated rings. The molecule has 0 unspecified atom stereocenters. The Balaban J connectivity index is 1.24. The smallest absolute Gasteiger partial charge is 0.206 e. The van der Waals surface area contributed by atoms with Crippen LogP contribution in [0.4, 0.5) is 0 Å². The fourth-order valence-electron chi connectivity index (χ4n) is 4.56. The fraction of sp³-hybridized carbons (Fsp3) is 0. The number of sulfone groups is 1. The van der Waals surface area contributed by atoms with Crippen molar-refractivity contribution in [1.29, 1.82) is 0 Å². The zero-order valence-corrected chi connectivity index (χ0v) is 21.8. The highest BCUT2D eigenvalue weighted by Crippen LogP contribution is 2.30. The number of benzene rings is 4. The normalized spacial score (nSPS) is 11.3. The molecule has 5 heteroatoms. The van der Waals surface area contributed by atoms with Gasteiger partial charge in [0.2, 0.25) is 9.84 Å². The molecule has 0 amide bonds. The molecule has 39 heavy (non-hydrogen) atoms. The first kappa shape index (κ1) is 24.5. The zero-order valence-electron chi connectivity index (χ0n) is 21.0. The summed E-state index contributed by atoms with van der Waals surface area (Å²) in [5, 5.41) is 0. The minimum absolute atomic E-state index is 0.249. The van der Waals surface area contributed by atoms with E-state index in [-0.39, 0.29) is 9.79 Å². The molecule has 4 nitrogen and oxygen atoms in total. The Hall–Kier alpha value is -4.87. The summed E-state index contributed by atoms with van der Waals surface area (Å²) >= 11 is 0. The lowest BCUT2D eigenvalue weighted by molar-refractivity contribution is 0.596. The van der Waals surface area contributed by atoms with Crippen molar-refractivity contribution in [1.82, 2.24) is 9.97 Å². The van der Waals surface area contributed by atoms with E-state index in [2.05, 4.69) is 22.1 Å². The average Bonchev–Trinajstić information content (AvgIpc) is 3.02. The van der Waals surface area contributed by atoms with Crippen LogP contribution in [0.3, 0.4) is 0 Å². The van der Waals surface area contributed by atoms with E-state index in [0.717, 1.165) is 44.5 Å². The lowest BCUT2D eigenvalue weighted by atomic mass is 10.0. The molecule has 0 aliphatic rings. The van der Waals surface area contributed by atoms with Gasteiger partial charge < -0.3 is 0 Å². The first-order valence-electron chi connectivity index (χ1n) is 12.5. The third-order valence-corrected chi connectivity index (χ3v) is 8.47. The van der Waals surface area contributed by atoms with E-state index in [0.29, 0.717) is 0 Å². The van der Waals surface area contributed by atoms with Crippen LogP contribution < -0.4 is 0 Å². The maximum atomic E-state index is 13.4. The number of pyridine rings is 2. The maximum absolute atomic E-state index is 13.4. The summed E-state index contributed by atoms with van der Waals surface area (Å²) in [6, 6.07) is 38.1. The monoisotopic (exact) mass is 524 g/mol. The van der Waals surface area contributed by atoms with Crippen LogP contribution in [0.15, 0.2) is 156 Å². The van der Waals surface area contributed by atoms with Gasteiger partial charge in [0, 0.05) is 47.0 Å². The van der Waals surface area contributed by atoms with E-state index < -0.39 is 9.84 Å². The summed E-state index contributed by atoms with van der Waals surface area (Å²) in [5.74, 6) is 0. The molecule has 6 rings (SSSR count). The number of hydrogen-bond donors (Lipinski definition) is 0. The minimum Gasteiger partial charge on any atom is -0.263 e. The second-order valence-corrected chi connectivity index (χ2v) is 11.2. The molecule has 0 aliphatic carbocycles. The van der Waals surface area contributed by atoms with E-state index in [1.54, 1.807) is 36.7 Å². The molecular weight excluding hydrogens is 500 g/mol.